The van der Waals surface area contributed by atoms with E-state index in [2.05, 4.69) is 6.08 Å². The fraction of sp³-hybridized carbons (Fsp3) is 0.300. The van der Waals surface area contributed by atoms with Crippen molar-refractivity contribution in [3.8, 4) is 0 Å². The van der Waals surface area contributed by atoms with Crippen LogP contribution in [0.3, 0.4) is 0 Å². The van der Waals surface area contributed by atoms with Gasteiger partial charge >= 0.3 is 5.97 Å². The molecule has 1 aliphatic carbocycles. The Hall–Kier alpha value is -1.31. The highest BCUT2D eigenvalue weighted by molar-refractivity contribution is 5.66. The summed E-state index contributed by atoms with van der Waals surface area (Å²) in [6.45, 7) is 1.78. The minimum absolute atomic E-state index is 0.238. The summed E-state index contributed by atoms with van der Waals surface area (Å²) in [4.78, 5) is 10.5. The van der Waals surface area contributed by atoms with Crippen LogP contribution in [0.2, 0.25) is 0 Å². The fourth-order valence-corrected chi connectivity index (χ4v) is 0.905. The van der Waals surface area contributed by atoms with Crippen LogP contribution in [-0.4, -0.2) is 12.6 Å². The minimum Gasteiger partial charge on any atom is -0.461 e. The van der Waals surface area contributed by atoms with Crippen LogP contribution in [0.5, 0.6) is 0 Å². The molecule has 0 fully saturated rings. The van der Waals surface area contributed by atoms with Gasteiger partial charge in [0.15, 0.2) is 0 Å². The van der Waals surface area contributed by atoms with Gasteiger partial charge in [0.2, 0.25) is 0 Å². The molecule has 0 heterocycles. The molecule has 0 amide bonds. The standard InChI is InChI=1S/C10H12O2/c1-9(11)12-8-10-6-4-2-3-5-7-10/h2,4-7H,3,8H2,1H3. The maximum absolute atomic E-state index is 10.5. The second-order valence-electron chi connectivity index (χ2n) is 2.59. The van der Waals surface area contributed by atoms with E-state index in [1.54, 1.807) is 0 Å². The third-order valence-electron chi connectivity index (χ3n) is 1.49. The van der Waals surface area contributed by atoms with Crippen LogP contribution in [0.25, 0.3) is 0 Å². The van der Waals surface area contributed by atoms with E-state index < -0.39 is 0 Å². The highest BCUT2D eigenvalue weighted by Gasteiger charge is 1.96. The first kappa shape index (κ1) is 8.78. The Bertz CT molecular complexity index is 247. The number of ether oxygens (including phenoxy) is 1. The van der Waals surface area contributed by atoms with Crippen LogP contribution in [0.4, 0.5) is 0 Å². The SMILES string of the molecule is CC(=O)OCC1=CC=CCC=C1. The maximum Gasteiger partial charge on any atom is 0.302 e. The van der Waals surface area contributed by atoms with Gasteiger partial charge in [0.1, 0.15) is 6.61 Å². The molecule has 2 nitrogen and oxygen atoms in total. The summed E-state index contributed by atoms with van der Waals surface area (Å²) < 4.78 is 4.84. The third kappa shape index (κ3) is 3.19. The van der Waals surface area contributed by atoms with Crippen LogP contribution in [0.15, 0.2) is 36.0 Å². The van der Waals surface area contributed by atoms with Crippen molar-refractivity contribution in [1.29, 1.82) is 0 Å². The van der Waals surface area contributed by atoms with E-state index in [-0.39, 0.29) is 5.97 Å². The van der Waals surface area contributed by atoms with Gasteiger partial charge in [0.05, 0.1) is 0 Å². The van der Waals surface area contributed by atoms with Crippen LogP contribution < -0.4 is 0 Å². The van der Waals surface area contributed by atoms with E-state index in [9.17, 15) is 4.79 Å². The molecular formula is C10H12O2. The van der Waals surface area contributed by atoms with E-state index in [0.29, 0.717) is 6.61 Å². The molecule has 0 bridgehead atoms. The summed E-state index contributed by atoms with van der Waals surface area (Å²) in [5, 5.41) is 0. The zero-order chi connectivity index (χ0) is 8.81. The Morgan fingerprint density at radius 3 is 3.17 bits per heavy atom. The number of hydrogen-bond donors (Lipinski definition) is 0. The van der Waals surface area contributed by atoms with Gasteiger partial charge in [0.25, 0.3) is 0 Å². The first-order valence-electron chi connectivity index (χ1n) is 3.94. The van der Waals surface area contributed by atoms with Crippen LogP contribution >= 0.6 is 0 Å². The lowest BCUT2D eigenvalue weighted by Crippen LogP contribution is -2.01. The van der Waals surface area contributed by atoms with Crippen LogP contribution in [-0.2, 0) is 9.53 Å². The fourth-order valence-electron chi connectivity index (χ4n) is 0.905. The Morgan fingerprint density at radius 1 is 1.58 bits per heavy atom. The van der Waals surface area contributed by atoms with Gasteiger partial charge in [-0.15, -0.1) is 0 Å². The Morgan fingerprint density at radius 2 is 2.42 bits per heavy atom. The predicted octanol–water partition coefficient (Wildman–Crippen LogP) is 1.99. The van der Waals surface area contributed by atoms with Gasteiger partial charge in [-0.05, 0) is 12.0 Å². The van der Waals surface area contributed by atoms with Crippen LogP contribution in [0.1, 0.15) is 13.3 Å². The van der Waals surface area contributed by atoms with Gasteiger partial charge in [-0.25, -0.2) is 0 Å². The molecule has 0 aromatic heterocycles. The Balaban J connectivity index is 2.45. The smallest absolute Gasteiger partial charge is 0.302 e. The van der Waals surface area contributed by atoms with Crippen molar-refractivity contribution in [2.24, 2.45) is 0 Å². The first-order chi connectivity index (χ1) is 5.79. The summed E-state index contributed by atoms with van der Waals surface area (Å²) >= 11 is 0. The lowest BCUT2D eigenvalue weighted by molar-refractivity contribution is -0.139. The molecule has 0 aromatic rings. The summed E-state index contributed by atoms with van der Waals surface area (Å²) in [6.07, 6.45) is 10.9. The summed E-state index contributed by atoms with van der Waals surface area (Å²) in [7, 11) is 0. The van der Waals surface area contributed by atoms with Gasteiger partial charge < -0.3 is 4.74 Å². The predicted molar refractivity (Wildman–Crippen MR) is 47.6 cm³/mol. The number of esters is 1. The number of rotatable bonds is 2. The largest absolute Gasteiger partial charge is 0.461 e. The number of carbonyl (C=O) groups excluding carboxylic acids is 1. The second kappa shape index (κ2) is 4.54. The highest BCUT2D eigenvalue weighted by Crippen LogP contribution is 2.04. The lowest BCUT2D eigenvalue weighted by Gasteiger charge is -2.00. The highest BCUT2D eigenvalue weighted by atomic mass is 16.5. The summed E-state index contributed by atoms with van der Waals surface area (Å²) in [5.41, 5.74) is 1.03. The van der Waals surface area contributed by atoms with Gasteiger partial charge in [0, 0.05) is 6.92 Å². The molecule has 0 saturated carbocycles. The van der Waals surface area contributed by atoms with Crippen molar-refractivity contribution in [3.63, 3.8) is 0 Å². The number of carbonyl (C=O) groups is 1. The molecule has 0 N–H and O–H groups in total. The second-order valence-corrected chi connectivity index (χ2v) is 2.59. The average molecular weight is 164 g/mol. The molecule has 0 saturated heterocycles. The third-order valence-corrected chi connectivity index (χ3v) is 1.49. The average Bonchev–Trinajstić information content (AvgIpc) is 2.28. The Labute approximate surface area is 72.2 Å². The van der Waals surface area contributed by atoms with E-state index in [1.165, 1.54) is 6.92 Å². The van der Waals surface area contributed by atoms with Crippen molar-refractivity contribution in [1.82, 2.24) is 0 Å². The molecule has 0 unspecified atom stereocenters. The van der Waals surface area contributed by atoms with E-state index in [0.717, 1.165) is 12.0 Å². The van der Waals surface area contributed by atoms with Crippen LogP contribution in [0, 0.1) is 0 Å². The van der Waals surface area contributed by atoms with Crippen molar-refractivity contribution in [2.45, 2.75) is 13.3 Å². The Kier molecular flexibility index (Phi) is 3.33. The summed E-state index contributed by atoms with van der Waals surface area (Å²) in [6, 6.07) is 0. The number of hydrogen-bond acceptors (Lipinski definition) is 2. The lowest BCUT2D eigenvalue weighted by atomic mass is 10.2. The topological polar surface area (TPSA) is 26.3 Å². The normalized spacial score (nSPS) is 15.2. The van der Waals surface area contributed by atoms with Crippen molar-refractivity contribution in [3.05, 3.63) is 36.0 Å². The number of allylic oxidation sites excluding steroid dienone is 4. The first-order valence-corrected chi connectivity index (χ1v) is 3.94. The molecule has 2 heteroatoms. The molecular weight excluding hydrogens is 152 g/mol. The minimum atomic E-state index is -0.238. The van der Waals surface area contributed by atoms with Gasteiger partial charge in [-0.1, -0.05) is 30.4 Å². The molecule has 0 aliphatic heterocycles. The van der Waals surface area contributed by atoms with E-state index >= 15 is 0 Å². The zero-order valence-electron chi connectivity index (χ0n) is 7.12. The monoisotopic (exact) mass is 164 g/mol. The molecule has 0 radical (unpaired) electrons. The molecule has 64 valence electrons. The molecule has 12 heavy (non-hydrogen) atoms. The van der Waals surface area contributed by atoms with Gasteiger partial charge in [-0.3, -0.25) is 4.79 Å². The van der Waals surface area contributed by atoms with Gasteiger partial charge in [-0.2, -0.15) is 0 Å². The molecule has 0 aromatic carbocycles. The molecule has 1 aliphatic rings. The molecule has 0 atom stereocenters. The van der Waals surface area contributed by atoms with E-state index in [1.807, 2.05) is 24.3 Å². The zero-order valence-corrected chi connectivity index (χ0v) is 7.12. The van der Waals surface area contributed by atoms with Crippen molar-refractivity contribution < 1.29 is 9.53 Å². The summed E-state index contributed by atoms with van der Waals surface area (Å²) in [5.74, 6) is -0.238. The van der Waals surface area contributed by atoms with Crippen molar-refractivity contribution >= 4 is 5.97 Å². The molecule has 0 spiro atoms. The molecule has 1 rings (SSSR count). The van der Waals surface area contributed by atoms with Crippen molar-refractivity contribution in [2.75, 3.05) is 6.61 Å². The van der Waals surface area contributed by atoms with E-state index in [4.69, 9.17) is 4.74 Å². The quantitative estimate of drug-likeness (QED) is 0.583. The maximum atomic E-state index is 10.5.